The van der Waals surface area contributed by atoms with Crippen LogP contribution in [-0.2, 0) is 0 Å². The molecule has 0 amide bonds. The zero-order chi connectivity index (χ0) is 12.2. The monoisotopic (exact) mass is 218 g/mol. The molecule has 3 nitrogen and oxygen atoms in total. The van der Waals surface area contributed by atoms with Crippen molar-refractivity contribution in [2.75, 3.05) is 0 Å². The predicted octanol–water partition coefficient (Wildman–Crippen LogP) is -0.338. The molecular weight excluding hydrogens is 202 g/mol. The molecule has 0 aliphatic heterocycles. The fourth-order valence-corrected chi connectivity index (χ4v) is 2.22. The fraction of sp³-hybridized carbons (Fsp3) is 0.400. The Morgan fingerprint density at radius 2 is 1.33 bits per heavy atom. The van der Waals surface area contributed by atoms with Gasteiger partial charge in [0.05, 0.1) is 0 Å². The number of rotatable bonds is 0. The molecule has 0 heterocycles. The summed E-state index contributed by atoms with van der Waals surface area (Å²) in [5.41, 5.74) is 5.88. The van der Waals surface area contributed by atoms with Crippen LogP contribution in [0.15, 0.2) is 6.07 Å². The van der Waals surface area contributed by atoms with E-state index in [1.165, 1.54) is 50.2 Å². The summed E-state index contributed by atoms with van der Waals surface area (Å²) in [5.74, 6) is 0. The van der Waals surface area contributed by atoms with E-state index in [9.17, 15) is 0 Å². The first kappa shape index (κ1) is 15.2. The number of benzene rings is 1. The summed E-state index contributed by atoms with van der Waals surface area (Å²) in [6, 6.07) is 2.32. The molecule has 0 unspecified atom stereocenters. The van der Waals surface area contributed by atoms with Crippen molar-refractivity contribution in [2.24, 2.45) is 0 Å². The minimum Gasteiger partial charge on any atom is -0.402 e. The first-order valence-electron chi connectivity index (χ1n) is 4.85. The van der Waals surface area contributed by atoms with Gasteiger partial charge in [0.1, 0.15) is 0 Å². The van der Waals surface area contributed by atoms with Crippen LogP contribution in [0.25, 0.3) is 0 Å². The third-order valence-corrected chi connectivity index (χ3v) is 3.78. The van der Waals surface area contributed by atoms with E-state index in [1.807, 2.05) is 0 Å². The minimum absolute atomic E-state index is 1.17. The average Bonchev–Trinajstić information content (AvgIpc) is 2.11. The molecule has 0 atom stereocenters. The van der Waals surface area contributed by atoms with Gasteiger partial charge in [0.25, 0.3) is 0 Å². The van der Waals surface area contributed by atoms with Crippen LogP contribution >= 0.6 is 0 Å². The second-order valence-electron chi connectivity index (χ2n) is 3.73. The van der Waals surface area contributed by atoms with Gasteiger partial charge in [-0.05, 0) is 0 Å². The molecule has 1 aromatic rings. The van der Waals surface area contributed by atoms with Gasteiger partial charge in [-0.3, -0.25) is 0 Å². The van der Waals surface area contributed by atoms with E-state index in [0.717, 1.165) is 0 Å². The summed E-state index contributed by atoms with van der Waals surface area (Å²) in [6.45, 7) is 8.85. The molecule has 78 valence electrons. The van der Waals surface area contributed by atoms with E-state index < -0.39 is 7.32 Å². The van der Waals surface area contributed by atoms with Gasteiger partial charge in [0.15, 0.2) is 0 Å². The topological polar surface area (TPSA) is 60.7 Å². The van der Waals surface area contributed by atoms with Crippen molar-refractivity contribution < 1.29 is 15.1 Å². The Morgan fingerprint density at radius 1 is 0.933 bits per heavy atom. The Hall–Kier alpha value is 0.165. The van der Waals surface area contributed by atoms with Gasteiger partial charge >= 0.3 is 94.1 Å². The molecular formula is C10H16BNaO3. The smallest absolute Gasteiger partial charge is 0.402 e. The van der Waals surface area contributed by atoms with E-state index in [4.69, 9.17) is 15.1 Å². The molecule has 5 heteroatoms. The maximum atomic E-state index is 7.17. The molecule has 0 aromatic heterocycles. The van der Waals surface area contributed by atoms with Crippen molar-refractivity contribution in [1.82, 2.24) is 0 Å². The molecule has 0 aliphatic carbocycles. The summed E-state index contributed by atoms with van der Waals surface area (Å²) in [7, 11) is -2.17. The van der Waals surface area contributed by atoms with Crippen molar-refractivity contribution >= 4 is 38.1 Å². The molecule has 3 N–H and O–H groups in total. The van der Waals surface area contributed by atoms with Gasteiger partial charge in [-0.15, -0.1) is 0 Å². The molecule has 0 saturated heterocycles. The fourth-order valence-electron chi connectivity index (χ4n) is 1.41. The van der Waals surface area contributed by atoms with Gasteiger partial charge in [0, 0.05) is 0 Å². The molecule has 0 saturated carbocycles. The summed E-state index contributed by atoms with van der Waals surface area (Å²) in [4.78, 5) is 0. The summed E-state index contributed by atoms with van der Waals surface area (Å²) >= 11 is 1.17. The molecule has 0 radical (unpaired) electrons. The van der Waals surface area contributed by atoms with E-state index in [0.29, 0.717) is 0 Å². The van der Waals surface area contributed by atoms with Gasteiger partial charge in [-0.25, -0.2) is 0 Å². The Kier molecular flexibility index (Phi) is 6.76. The molecule has 0 aliphatic rings. The van der Waals surface area contributed by atoms with Crippen molar-refractivity contribution in [3.8, 4) is 0 Å². The minimum atomic E-state index is -2.17. The Labute approximate surface area is 109 Å². The van der Waals surface area contributed by atoms with E-state index in [1.54, 1.807) is 2.81 Å². The van der Waals surface area contributed by atoms with Crippen LogP contribution in [0.2, 0.25) is 0 Å². The largest absolute Gasteiger partial charge is 0.631 e. The quantitative estimate of drug-likeness (QED) is 0.522. The third kappa shape index (κ3) is 5.16. The van der Waals surface area contributed by atoms with Gasteiger partial charge in [0.2, 0.25) is 0 Å². The average molecular weight is 218 g/mol. The van der Waals surface area contributed by atoms with Crippen molar-refractivity contribution in [3.63, 3.8) is 0 Å². The zero-order valence-corrected chi connectivity index (χ0v) is 12.0. The van der Waals surface area contributed by atoms with Crippen LogP contribution in [0.4, 0.5) is 0 Å². The SMILES string of the molecule is Cc1c[c]([Na])c(C)c(C)c1C.OB(O)O. The van der Waals surface area contributed by atoms with Crippen LogP contribution in [0.5, 0.6) is 0 Å². The second kappa shape index (κ2) is 6.68. The van der Waals surface area contributed by atoms with Crippen molar-refractivity contribution in [2.45, 2.75) is 27.7 Å². The Bertz CT molecular complexity index is 311. The van der Waals surface area contributed by atoms with Crippen molar-refractivity contribution in [1.29, 1.82) is 0 Å². The summed E-state index contributed by atoms with van der Waals surface area (Å²) in [5, 5.41) is 21.5. The zero-order valence-electron chi connectivity index (χ0n) is 10.00. The normalized spacial score (nSPS) is 9.40. The Morgan fingerprint density at radius 3 is 1.73 bits per heavy atom. The Balaban J connectivity index is 0.000000423. The van der Waals surface area contributed by atoms with Crippen LogP contribution in [0.3, 0.4) is 0 Å². The molecule has 0 fully saturated rings. The van der Waals surface area contributed by atoms with E-state index >= 15 is 0 Å². The number of hydrogen-bond acceptors (Lipinski definition) is 3. The van der Waals surface area contributed by atoms with Gasteiger partial charge < -0.3 is 15.1 Å². The molecule has 15 heavy (non-hydrogen) atoms. The third-order valence-electron chi connectivity index (χ3n) is 2.74. The number of aryl methyl sites for hydroxylation is 1. The first-order valence-corrected chi connectivity index (χ1v) is 5.85. The molecule has 1 aromatic carbocycles. The summed E-state index contributed by atoms with van der Waals surface area (Å²) < 4.78 is 1.55. The molecule has 0 bridgehead atoms. The van der Waals surface area contributed by atoms with Crippen LogP contribution in [-0.4, -0.2) is 50.3 Å². The van der Waals surface area contributed by atoms with Crippen molar-refractivity contribution in [3.05, 3.63) is 28.3 Å². The van der Waals surface area contributed by atoms with Crippen LogP contribution in [0, 0.1) is 27.7 Å². The molecule has 1 rings (SSSR count). The van der Waals surface area contributed by atoms with E-state index in [-0.39, 0.29) is 0 Å². The maximum Gasteiger partial charge on any atom is 0.631 e. The summed E-state index contributed by atoms with van der Waals surface area (Å²) in [6.07, 6.45) is 0. The standard InChI is InChI=1S/C10H13.BH3O3.Na/c1-7-5-6-8(2)10(4)9(7)3;2-1(3)4;/h5H,1-4H3;2-4H;. The first-order chi connectivity index (χ1) is 6.77. The van der Waals surface area contributed by atoms with Crippen LogP contribution in [0.1, 0.15) is 22.3 Å². The van der Waals surface area contributed by atoms with E-state index in [2.05, 4.69) is 33.8 Å². The maximum absolute atomic E-state index is 7.17. The van der Waals surface area contributed by atoms with Gasteiger partial charge in [-0.2, -0.15) is 0 Å². The second-order valence-corrected chi connectivity index (χ2v) is 4.81. The molecule has 0 spiro atoms. The predicted molar refractivity (Wildman–Crippen MR) is 63.2 cm³/mol. The van der Waals surface area contributed by atoms with Crippen LogP contribution < -0.4 is 2.81 Å². The number of hydrogen-bond donors (Lipinski definition) is 3. The van der Waals surface area contributed by atoms with Gasteiger partial charge in [-0.1, -0.05) is 0 Å².